The zero-order valence-corrected chi connectivity index (χ0v) is 11.7. The fourth-order valence-corrected chi connectivity index (χ4v) is 1.72. The lowest BCUT2D eigenvalue weighted by atomic mass is 9.89. The van der Waals surface area contributed by atoms with Crippen molar-refractivity contribution in [3.05, 3.63) is 10.4 Å². The second kappa shape index (κ2) is 9.57. The van der Waals surface area contributed by atoms with Crippen LogP contribution in [0, 0.1) is 0 Å². The smallest absolute Gasteiger partial charge is 0.326 e. The molecule has 0 saturated carbocycles. The molecule has 1 atom stereocenters. The second-order valence-corrected chi connectivity index (χ2v) is 4.16. The first-order valence-corrected chi connectivity index (χ1v) is 5.97. The van der Waals surface area contributed by atoms with Crippen LogP contribution in [0.5, 0.6) is 0 Å². The number of methoxy groups -OCH3 is 3. The van der Waals surface area contributed by atoms with Crippen molar-refractivity contribution in [3.63, 3.8) is 0 Å². The summed E-state index contributed by atoms with van der Waals surface area (Å²) >= 11 is 0. The number of rotatable bonds is 10. The Bertz CT molecular complexity index is 316. The molecule has 2 N–H and O–H groups in total. The first-order valence-electron chi connectivity index (χ1n) is 5.97. The van der Waals surface area contributed by atoms with Crippen LogP contribution in [0.1, 0.15) is 25.7 Å². The van der Waals surface area contributed by atoms with Crippen molar-refractivity contribution >= 4 is 5.97 Å². The van der Waals surface area contributed by atoms with E-state index in [4.69, 9.17) is 25.5 Å². The maximum Gasteiger partial charge on any atom is 0.326 e. The Kier molecular flexibility index (Phi) is 8.90. The van der Waals surface area contributed by atoms with Crippen molar-refractivity contribution in [3.8, 4) is 0 Å². The number of nitrogens with zero attached hydrogens (tertiary/aromatic N) is 3. The minimum Gasteiger partial charge on any atom is -0.468 e. The Morgan fingerprint density at radius 2 is 2.00 bits per heavy atom. The third kappa shape index (κ3) is 6.40. The topological polar surface area (TPSA) is 120 Å². The molecular weight excluding hydrogens is 252 g/mol. The number of ether oxygens (including phenoxy) is 3. The summed E-state index contributed by atoms with van der Waals surface area (Å²) in [4.78, 5) is 14.4. The lowest BCUT2D eigenvalue weighted by Crippen LogP contribution is -2.51. The number of nitrogens with two attached hydrogens (primary N) is 1. The van der Waals surface area contributed by atoms with E-state index in [1.165, 1.54) is 21.3 Å². The molecule has 19 heavy (non-hydrogen) atoms. The molecule has 0 rings (SSSR count). The van der Waals surface area contributed by atoms with Crippen LogP contribution in [0.25, 0.3) is 10.4 Å². The van der Waals surface area contributed by atoms with E-state index >= 15 is 0 Å². The largest absolute Gasteiger partial charge is 0.468 e. The predicted molar refractivity (Wildman–Crippen MR) is 69.2 cm³/mol. The molecule has 8 heteroatoms. The van der Waals surface area contributed by atoms with Crippen LogP contribution >= 0.6 is 0 Å². The molecular formula is C11H22N4O4. The molecule has 0 bridgehead atoms. The highest BCUT2D eigenvalue weighted by Crippen LogP contribution is 2.21. The number of unbranched alkanes of at least 4 members (excludes halogenated alkanes) is 1. The van der Waals surface area contributed by atoms with E-state index in [2.05, 4.69) is 10.0 Å². The number of hydrogen-bond donors (Lipinski definition) is 1. The third-order valence-corrected chi connectivity index (χ3v) is 2.84. The van der Waals surface area contributed by atoms with Gasteiger partial charge >= 0.3 is 5.97 Å². The van der Waals surface area contributed by atoms with Crippen molar-refractivity contribution in [2.24, 2.45) is 10.8 Å². The first kappa shape index (κ1) is 17.7. The summed E-state index contributed by atoms with van der Waals surface area (Å²) in [7, 11) is 4.25. The molecule has 0 aliphatic rings. The molecule has 0 aromatic carbocycles. The second-order valence-electron chi connectivity index (χ2n) is 4.16. The third-order valence-electron chi connectivity index (χ3n) is 2.84. The van der Waals surface area contributed by atoms with Gasteiger partial charge in [0, 0.05) is 32.1 Å². The molecule has 0 amide bonds. The minimum absolute atomic E-state index is 0.203. The normalized spacial score (nSPS) is 13.7. The zero-order chi connectivity index (χ0) is 14.7. The van der Waals surface area contributed by atoms with Gasteiger partial charge in [-0.25, -0.2) is 0 Å². The van der Waals surface area contributed by atoms with E-state index in [-0.39, 0.29) is 6.42 Å². The van der Waals surface area contributed by atoms with Gasteiger partial charge in [0.2, 0.25) is 0 Å². The van der Waals surface area contributed by atoms with Crippen LogP contribution in [0.4, 0.5) is 0 Å². The minimum atomic E-state index is -1.16. The lowest BCUT2D eigenvalue weighted by molar-refractivity contribution is -0.157. The Morgan fingerprint density at radius 3 is 2.47 bits per heavy atom. The molecule has 0 aromatic rings. The summed E-state index contributed by atoms with van der Waals surface area (Å²) in [5.74, 6) is -0.504. The van der Waals surface area contributed by atoms with Gasteiger partial charge in [0.05, 0.1) is 7.11 Å². The number of hydrogen-bond acceptors (Lipinski definition) is 6. The van der Waals surface area contributed by atoms with Crippen LogP contribution in [0.2, 0.25) is 0 Å². The van der Waals surface area contributed by atoms with Gasteiger partial charge in [0.25, 0.3) is 0 Å². The number of azide groups is 1. The van der Waals surface area contributed by atoms with E-state index < -0.39 is 17.8 Å². The van der Waals surface area contributed by atoms with Gasteiger partial charge in [-0.05, 0) is 18.4 Å². The molecule has 0 heterocycles. The van der Waals surface area contributed by atoms with Crippen LogP contribution in [-0.4, -0.2) is 45.7 Å². The predicted octanol–water partition coefficient (Wildman–Crippen LogP) is 1.35. The summed E-state index contributed by atoms with van der Waals surface area (Å²) in [6.07, 6.45) is 1.34. The van der Waals surface area contributed by atoms with Gasteiger partial charge in [0.1, 0.15) is 5.54 Å². The highest BCUT2D eigenvalue weighted by Gasteiger charge is 2.37. The first-order chi connectivity index (χ1) is 9.03. The van der Waals surface area contributed by atoms with Gasteiger partial charge in [-0.15, -0.1) is 0 Å². The molecule has 0 radical (unpaired) electrons. The van der Waals surface area contributed by atoms with Gasteiger partial charge in [-0.3, -0.25) is 4.79 Å². The van der Waals surface area contributed by atoms with E-state index in [0.29, 0.717) is 25.8 Å². The fraction of sp³-hybridized carbons (Fsp3) is 0.909. The molecule has 0 fully saturated rings. The summed E-state index contributed by atoms with van der Waals surface area (Å²) < 4.78 is 14.8. The Hall–Kier alpha value is -1.34. The standard InChI is InChI=1S/C11H22N4O4/c1-17-9(18-2)8-11(12,10(16)19-3)6-4-5-7-14-15-13/h9H,4-8,12H2,1-3H3/t11-/m0/s1. The molecule has 8 nitrogen and oxygen atoms in total. The van der Waals surface area contributed by atoms with Crippen molar-refractivity contribution in [2.45, 2.75) is 37.5 Å². The van der Waals surface area contributed by atoms with E-state index in [1.54, 1.807) is 0 Å². The Balaban J connectivity index is 4.50. The van der Waals surface area contributed by atoms with Crippen LogP contribution in [0.3, 0.4) is 0 Å². The average Bonchev–Trinajstić information content (AvgIpc) is 2.43. The fourth-order valence-electron chi connectivity index (χ4n) is 1.72. The molecule has 0 aliphatic heterocycles. The van der Waals surface area contributed by atoms with E-state index in [0.717, 1.165) is 0 Å². The zero-order valence-electron chi connectivity index (χ0n) is 11.7. The van der Waals surface area contributed by atoms with Crippen molar-refractivity contribution in [2.75, 3.05) is 27.9 Å². The van der Waals surface area contributed by atoms with Crippen LogP contribution < -0.4 is 5.73 Å². The molecule has 0 aromatic heterocycles. The molecule has 110 valence electrons. The average molecular weight is 274 g/mol. The van der Waals surface area contributed by atoms with Gasteiger partial charge in [0.15, 0.2) is 6.29 Å². The van der Waals surface area contributed by atoms with Crippen LogP contribution in [-0.2, 0) is 19.0 Å². The van der Waals surface area contributed by atoms with Crippen molar-refractivity contribution < 1.29 is 19.0 Å². The Morgan fingerprint density at radius 1 is 1.37 bits per heavy atom. The molecule has 0 saturated heterocycles. The number of carbonyl (C=O) groups excluding carboxylic acids is 1. The summed E-state index contributed by atoms with van der Waals surface area (Å²) in [5.41, 5.74) is 13.1. The number of esters is 1. The summed E-state index contributed by atoms with van der Waals surface area (Å²) in [6.45, 7) is 0.381. The summed E-state index contributed by atoms with van der Waals surface area (Å²) in [6, 6.07) is 0. The molecule has 0 unspecified atom stereocenters. The van der Waals surface area contributed by atoms with Crippen molar-refractivity contribution in [1.29, 1.82) is 0 Å². The Labute approximate surface area is 112 Å². The van der Waals surface area contributed by atoms with Crippen molar-refractivity contribution in [1.82, 2.24) is 0 Å². The van der Waals surface area contributed by atoms with Crippen LogP contribution in [0.15, 0.2) is 5.11 Å². The molecule has 0 aliphatic carbocycles. The highest BCUT2D eigenvalue weighted by molar-refractivity contribution is 5.80. The maximum atomic E-state index is 11.8. The maximum absolute atomic E-state index is 11.8. The van der Waals surface area contributed by atoms with Gasteiger partial charge in [-0.2, -0.15) is 0 Å². The monoisotopic (exact) mass is 274 g/mol. The quantitative estimate of drug-likeness (QED) is 0.161. The van der Waals surface area contributed by atoms with E-state index in [1.807, 2.05) is 0 Å². The van der Waals surface area contributed by atoms with Gasteiger partial charge in [-0.1, -0.05) is 11.5 Å². The SMILES string of the molecule is COC(=O)[C@](N)(CCCCN=[N+]=[N-])CC(OC)OC. The summed E-state index contributed by atoms with van der Waals surface area (Å²) in [5, 5.41) is 3.42. The highest BCUT2D eigenvalue weighted by atomic mass is 16.7. The number of carbonyl (C=O) groups is 1. The molecule has 0 spiro atoms. The van der Waals surface area contributed by atoms with E-state index in [9.17, 15) is 4.79 Å². The van der Waals surface area contributed by atoms with Gasteiger partial charge < -0.3 is 19.9 Å². The lowest BCUT2D eigenvalue weighted by Gasteiger charge is -2.29.